The fourth-order valence-electron chi connectivity index (χ4n) is 2.79. The van der Waals surface area contributed by atoms with Crippen molar-refractivity contribution in [2.45, 2.75) is 38.6 Å². The van der Waals surface area contributed by atoms with Crippen molar-refractivity contribution in [3.8, 4) is 6.07 Å². The quantitative estimate of drug-likeness (QED) is 0.833. The molecule has 0 bridgehead atoms. The summed E-state index contributed by atoms with van der Waals surface area (Å²) < 4.78 is 1.72. The Balaban J connectivity index is 2.07. The van der Waals surface area contributed by atoms with E-state index in [1.807, 2.05) is 13.2 Å². The molecule has 1 aliphatic carbocycles. The van der Waals surface area contributed by atoms with Crippen LogP contribution in [0.15, 0.2) is 12.4 Å². The predicted molar refractivity (Wildman–Crippen MR) is 70.8 cm³/mol. The van der Waals surface area contributed by atoms with Crippen molar-refractivity contribution < 1.29 is 4.79 Å². The van der Waals surface area contributed by atoms with E-state index >= 15 is 0 Å². The summed E-state index contributed by atoms with van der Waals surface area (Å²) >= 11 is 0. The number of hydrogen-bond acceptors (Lipinski definition) is 3. The van der Waals surface area contributed by atoms with Gasteiger partial charge in [-0.2, -0.15) is 10.4 Å². The number of nitriles is 1. The van der Waals surface area contributed by atoms with Crippen LogP contribution >= 0.6 is 0 Å². The zero-order valence-electron chi connectivity index (χ0n) is 11.6. The molecule has 5 heteroatoms. The lowest BCUT2D eigenvalue weighted by Gasteiger charge is -2.32. The number of aryl methyl sites for hydroxylation is 1. The Kier molecular flexibility index (Phi) is 3.89. The van der Waals surface area contributed by atoms with Gasteiger partial charge in [-0.05, 0) is 12.8 Å². The van der Waals surface area contributed by atoms with E-state index in [1.165, 1.54) is 0 Å². The lowest BCUT2D eigenvalue weighted by Crippen LogP contribution is -2.42. The number of rotatable bonds is 3. The molecule has 19 heavy (non-hydrogen) atoms. The summed E-state index contributed by atoms with van der Waals surface area (Å²) in [5.74, 6) is -0.0430. The normalized spacial score (nSPS) is 17.7. The van der Waals surface area contributed by atoms with Crippen molar-refractivity contribution in [2.75, 3.05) is 7.05 Å². The van der Waals surface area contributed by atoms with Crippen LogP contribution in [0.4, 0.5) is 0 Å². The van der Waals surface area contributed by atoms with Gasteiger partial charge < -0.3 is 4.90 Å². The molecule has 0 atom stereocenters. The van der Waals surface area contributed by atoms with Crippen molar-refractivity contribution in [2.24, 2.45) is 12.5 Å². The zero-order chi connectivity index (χ0) is 13.9. The fraction of sp³-hybridized carbons (Fsp3) is 0.643. The van der Waals surface area contributed by atoms with Gasteiger partial charge in [0.25, 0.3) is 0 Å². The van der Waals surface area contributed by atoms with Gasteiger partial charge in [0.15, 0.2) is 0 Å². The van der Waals surface area contributed by atoms with E-state index in [2.05, 4.69) is 11.2 Å². The number of hydrogen-bond donors (Lipinski definition) is 0. The molecular formula is C14H20N4O. The van der Waals surface area contributed by atoms with Crippen LogP contribution in [0, 0.1) is 16.7 Å². The largest absolute Gasteiger partial charge is 0.340 e. The lowest BCUT2D eigenvalue weighted by atomic mass is 9.74. The molecule has 0 N–H and O–H groups in total. The minimum Gasteiger partial charge on any atom is -0.340 e. The summed E-state index contributed by atoms with van der Waals surface area (Å²) in [5, 5.41) is 13.5. The van der Waals surface area contributed by atoms with Crippen molar-refractivity contribution >= 4 is 5.91 Å². The summed E-state index contributed by atoms with van der Waals surface area (Å²) in [6.07, 6.45) is 8.11. The van der Waals surface area contributed by atoms with E-state index in [-0.39, 0.29) is 5.91 Å². The molecule has 0 unspecified atom stereocenters. The standard InChI is InChI=1S/C14H20N4O/c1-17(9-12-8-16-18(2)10-12)13(19)14(11-15)6-4-3-5-7-14/h8,10H,3-7,9H2,1-2H3. The second-order valence-corrected chi connectivity index (χ2v) is 5.44. The topological polar surface area (TPSA) is 61.9 Å². The highest BCUT2D eigenvalue weighted by atomic mass is 16.2. The Bertz CT molecular complexity index is 494. The summed E-state index contributed by atoms with van der Waals surface area (Å²) in [6, 6.07) is 2.28. The molecule has 0 spiro atoms. The Hall–Kier alpha value is -1.83. The average molecular weight is 260 g/mol. The van der Waals surface area contributed by atoms with E-state index in [0.717, 1.165) is 24.8 Å². The van der Waals surface area contributed by atoms with E-state index < -0.39 is 5.41 Å². The lowest BCUT2D eigenvalue weighted by molar-refractivity contribution is -0.139. The minimum atomic E-state index is -0.796. The first-order valence-corrected chi connectivity index (χ1v) is 6.72. The molecule has 0 saturated heterocycles. The van der Waals surface area contributed by atoms with Gasteiger partial charge in [-0.15, -0.1) is 0 Å². The monoisotopic (exact) mass is 260 g/mol. The molecule has 5 nitrogen and oxygen atoms in total. The van der Waals surface area contributed by atoms with Crippen LogP contribution in [0.1, 0.15) is 37.7 Å². The first-order chi connectivity index (χ1) is 9.07. The second kappa shape index (κ2) is 5.43. The zero-order valence-corrected chi connectivity index (χ0v) is 11.6. The van der Waals surface area contributed by atoms with E-state index in [0.29, 0.717) is 19.4 Å². The molecule has 0 aromatic carbocycles. The number of aromatic nitrogens is 2. The van der Waals surface area contributed by atoms with Crippen LogP contribution in [-0.4, -0.2) is 27.6 Å². The molecule has 1 saturated carbocycles. The Morgan fingerprint density at radius 2 is 2.21 bits per heavy atom. The molecule has 1 fully saturated rings. The Labute approximate surface area is 113 Å². The Morgan fingerprint density at radius 1 is 1.53 bits per heavy atom. The van der Waals surface area contributed by atoms with Crippen LogP contribution in [0.5, 0.6) is 0 Å². The smallest absolute Gasteiger partial charge is 0.243 e. The first-order valence-electron chi connectivity index (χ1n) is 6.72. The maximum Gasteiger partial charge on any atom is 0.243 e. The highest BCUT2D eigenvalue weighted by Gasteiger charge is 2.41. The molecule has 2 rings (SSSR count). The third kappa shape index (κ3) is 2.78. The predicted octanol–water partition coefficient (Wildman–Crippen LogP) is 1.85. The highest BCUT2D eigenvalue weighted by Crippen LogP contribution is 2.37. The van der Waals surface area contributed by atoms with Gasteiger partial charge >= 0.3 is 0 Å². The molecular weight excluding hydrogens is 240 g/mol. The number of nitrogens with zero attached hydrogens (tertiary/aromatic N) is 4. The molecule has 1 aromatic rings. The maximum atomic E-state index is 12.5. The summed E-state index contributed by atoms with van der Waals surface area (Å²) in [6.45, 7) is 0.510. The minimum absolute atomic E-state index is 0.0430. The number of carbonyl (C=O) groups is 1. The molecule has 1 aromatic heterocycles. The molecule has 0 aliphatic heterocycles. The van der Waals surface area contributed by atoms with Crippen LogP contribution in [-0.2, 0) is 18.4 Å². The van der Waals surface area contributed by atoms with Crippen molar-refractivity contribution in [3.63, 3.8) is 0 Å². The van der Waals surface area contributed by atoms with Crippen molar-refractivity contribution in [3.05, 3.63) is 18.0 Å². The van der Waals surface area contributed by atoms with Gasteiger partial charge in [0.2, 0.25) is 5.91 Å². The molecule has 1 amide bonds. The summed E-state index contributed by atoms with van der Waals surface area (Å²) in [4.78, 5) is 14.2. The molecule has 1 heterocycles. The van der Waals surface area contributed by atoms with Crippen molar-refractivity contribution in [1.29, 1.82) is 5.26 Å². The van der Waals surface area contributed by atoms with Gasteiger partial charge in [0.1, 0.15) is 5.41 Å². The third-order valence-electron chi connectivity index (χ3n) is 3.86. The highest BCUT2D eigenvalue weighted by molar-refractivity contribution is 5.85. The molecule has 102 valence electrons. The summed E-state index contributed by atoms with van der Waals surface area (Å²) in [5.41, 5.74) is 0.192. The van der Waals surface area contributed by atoms with Crippen LogP contribution in [0.25, 0.3) is 0 Å². The van der Waals surface area contributed by atoms with Gasteiger partial charge in [-0.25, -0.2) is 0 Å². The van der Waals surface area contributed by atoms with Gasteiger partial charge in [-0.1, -0.05) is 19.3 Å². The van der Waals surface area contributed by atoms with Crippen LogP contribution in [0.2, 0.25) is 0 Å². The number of amides is 1. The van der Waals surface area contributed by atoms with Crippen LogP contribution in [0.3, 0.4) is 0 Å². The first kappa shape index (κ1) is 13.6. The number of carbonyl (C=O) groups excluding carboxylic acids is 1. The average Bonchev–Trinajstić information content (AvgIpc) is 2.84. The van der Waals surface area contributed by atoms with Crippen molar-refractivity contribution in [1.82, 2.24) is 14.7 Å². The van der Waals surface area contributed by atoms with E-state index in [9.17, 15) is 10.1 Å². The molecule has 0 radical (unpaired) electrons. The van der Waals surface area contributed by atoms with Gasteiger partial charge in [0, 0.05) is 32.4 Å². The Morgan fingerprint density at radius 3 is 2.74 bits per heavy atom. The van der Waals surface area contributed by atoms with Gasteiger partial charge in [-0.3, -0.25) is 9.48 Å². The van der Waals surface area contributed by atoms with Crippen LogP contribution < -0.4 is 0 Å². The maximum absolute atomic E-state index is 12.5. The van der Waals surface area contributed by atoms with Gasteiger partial charge in [0.05, 0.1) is 12.3 Å². The van der Waals surface area contributed by atoms with E-state index in [4.69, 9.17) is 0 Å². The molecule has 1 aliphatic rings. The SMILES string of the molecule is CN(Cc1cnn(C)c1)C(=O)C1(C#N)CCCCC1. The second-order valence-electron chi connectivity index (χ2n) is 5.44. The summed E-state index contributed by atoms with van der Waals surface area (Å²) in [7, 11) is 3.62. The van der Waals surface area contributed by atoms with E-state index in [1.54, 1.807) is 22.8 Å². The fourth-order valence-corrected chi connectivity index (χ4v) is 2.79. The third-order valence-corrected chi connectivity index (χ3v) is 3.86.